The molecule has 2 aromatic carbocycles. The first-order valence-corrected chi connectivity index (χ1v) is 9.49. The zero-order valence-corrected chi connectivity index (χ0v) is 16.8. The second-order valence-electron chi connectivity index (χ2n) is 6.96. The molecule has 4 N–H and O–H groups in total. The van der Waals surface area contributed by atoms with E-state index in [9.17, 15) is 27.6 Å². The SMILES string of the molecule is O=C(O)CC[C@@H](NC(=O)c1ccc(Nc2cnc3cc(C(F)(F)F)ccc3n2)cc1)C(=O)O. The first-order chi connectivity index (χ1) is 15.5. The van der Waals surface area contributed by atoms with Gasteiger partial charge in [0.25, 0.3) is 5.91 Å². The van der Waals surface area contributed by atoms with Crippen molar-refractivity contribution in [3.63, 3.8) is 0 Å². The number of carboxylic acids is 2. The number of benzene rings is 2. The van der Waals surface area contributed by atoms with Crippen LogP contribution in [0.25, 0.3) is 11.0 Å². The van der Waals surface area contributed by atoms with Gasteiger partial charge in [-0.2, -0.15) is 13.2 Å². The molecule has 33 heavy (non-hydrogen) atoms. The molecule has 0 aliphatic carbocycles. The number of fused-ring (bicyclic) bond motifs is 1. The van der Waals surface area contributed by atoms with Crippen molar-refractivity contribution in [2.24, 2.45) is 0 Å². The number of rotatable bonds is 8. The first-order valence-electron chi connectivity index (χ1n) is 9.49. The summed E-state index contributed by atoms with van der Waals surface area (Å²) in [6, 6.07) is 7.54. The Labute approximate surface area is 184 Å². The number of hydrogen-bond donors (Lipinski definition) is 4. The molecule has 1 atom stereocenters. The number of halogens is 3. The highest BCUT2D eigenvalue weighted by Gasteiger charge is 2.30. The molecule has 0 aliphatic heterocycles. The van der Waals surface area contributed by atoms with Gasteiger partial charge in [0.05, 0.1) is 22.8 Å². The Kier molecular flexibility index (Phi) is 6.75. The number of anilines is 2. The number of nitrogens with one attached hydrogen (secondary N) is 2. The maximum absolute atomic E-state index is 12.8. The number of hydrogen-bond acceptors (Lipinski definition) is 6. The molecule has 3 rings (SSSR count). The number of aromatic nitrogens is 2. The molecule has 3 aromatic rings. The maximum atomic E-state index is 12.8. The van der Waals surface area contributed by atoms with Gasteiger partial charge < -0.3 is 20.8 Å². The first kappa shape index (κ1) is 23.4. The number of carboxylic acid groups (broad SMARTS) is 2. The van der Waals surface area contributed by atoms with Crippen molar-refractivity contribution in [2.45, 2.75) is 25.1 Å². The Balaban J connectivity index is 1.68. The largest absolute Gasteiger partial charge is 0.481 e. The quantitative estimate of drug-likeness (QED) is 0.399. The second kappa shape index (κ2) is 9.51. The van der Waals surface area contributed by atoms with E-state index < -0.39 is 42.0 Å². The minimum Gasteiger partial charge on any atom is -0.481 e. The fraction of sp³-hybridized carbons (Fsp3) is 0.190. The summed E-state index contributed by atoms with van der Waals surface area (Å²) < 4.78 is 38.4. The van der Waals surface area contributed by atoms with Gasteiger partial charge in [0.15, 0.2) is 0 Å². The van der Waals surface area contributed by atoms with E-state index in [2.05, 4.69) is 20.6 Å². The molecule has 0 fully saturated rings. The van der Waals surface area contributed by atoms with Crippen molar-refractivity contribution in [3.8, 4) is 0 Å². The van der Waals surface area contributed by atoms with Crippen molar-refractivity contribution in [1.82, 2.24) is 15.3 Å². The number of nitrogens with zero attached hydrogens (tertiary/aromatic N) is 2. The van der Waals surface area contributed by atoms with Crippen LogP contribution in [-0.4, -0.2) is 44.1 Å². The highest BCUT2D eigenvalue weighted by atomic mass is 19.4. The molecule has 1 aromatic heterocycles. The summed E-state index contributed by atoms with van der Waals surface area (Å²) in [6.07, 6.45) is -3.89. The normalized spacial score (nSPS) is 12.2. The predicted molar refractivity (Wildman–Crippen MR) is 110 cm³/mol. The molecule has 0 aliphatic rings. The van der Waals surface area contributed by atoms with E-state index in [0.29, 0.717) is 5.69 Å². The highest BCUT2D eigenvalue weighted by molar-refractivity contribution is 5.97. The summed E-state index contributed by atoms with van der Waals surface area (Å²) in [4.78, 5) is 42.3. The van der Waals surface area contributed by atoms with E-state index in [1.54, 1.807) is 0 Å². The van der Waals surface area contributed by atoms with Crippen molar-refractivity contribution >= 4 is 40.4 Å². The molecule has 0 unspecified atom stereocenters. The molecule has 1 heterocycles. The minimum absolute atomic E-state index is 0.0817. The van der Waals surface area contributed by atoms with Crippen molar-refractivity contribution in [1.29, 1.82) is 0 Å². The van der Waals surface area contributed by atoms with E-state index in [-0.39, 0.29) is 28.8 Å². The van der Waals surface area contributed by atoms with Crippen LogP contribution >= 0.6 is 0 Å². The fourth-order valence-electron chi connectivity index (χ4n) is 2.87. The number of aliphatic carboxylic acids is 2. The van der Waals surface area contributed by atoms with Gasteiger partial charge >= 0.3 is 18.1 Å². The summed E-state index contributed by atoms with van der Waals surface area (Å²) in [5.41, 5.74) is 0.148. The van der Waals surface area contributed by atoms with Crippen molar-refractivity contribution in [2.75, 3.05) is 5.32 Å². The van der Waals surface area contributed by atoms with Crippen LogP contribution in [0, 0.1) is 0 Å². The molecule has 0 radical (unpaired) electrons. The monoisotopic (exact) mass is 462 g/mol. The summed E-state index contributed by atoms with van der Waals surface area (Å²) in [7, 11) is 0. The molecule has 0 saturated carbocycles. The van der Waals surface area contributed by atoms with Crippen LogP contribution < -0.4 is 10.6 Å². The van der Waals surface area contributed by atoms with E-state index in [1.807, 2.05) is 0 Å². The van der Waals surface area contributed by atoms with Crippen LogP contribution in [0.1, 0.15) is 28.8 Å². The van der Waals surface area contributed by atoms with E-state index >= 15 is 0 Å². The Morgan fingerprint density at radius 2 is 1.70 bits per heavy atom. The Bertz CT molecular complexity index is 1200. The van der Waals surface area contributed by atoms with Crippen molar-refractivity contribution in [3.05, 3.63) is 59.8 Å². The second-order valence-corrected chi connectivity index (χ2v) is 6.96. The van der Waals surface area contributed by atoms with E-state index in [1.165, 1.54) is 36.5 Å². The van der Waals surface area contributed by atoms with Crippen LogP contribution in [0.5, 0.6) is 0 Å². The lowest BCUT2D eigenvalue weighted by Crippen LogP contribution is -2.41. The number of amides is 1. The smallest absolute Gasteiger partial charge is 0.416 e. The van der Waals surface area contributed by atoms with Gasteiger partial charge in [0.1, 0.15) is 11.9 Å². The Morgan fingerprint density at radius 1 is 1.00 bits per heavy atom. The highest BCUT2D eigenvalue weighted by Crippen LogP contribution is 2.31. The zero-order valence-electron chi connectivity index (χ0n) is 16.8. The fourth-order valence-corrected chi connectivity index (χ4v) is 2.87. The number of carbonyl (C=O) groups is 3. The standard InChI is InChI=1S/C21H17F3N4O5/c22-21(23,24)12-3-6-14-16(9-12)25-10-17(27-14)26-13-4-1-11(2-5-13)19(31)28-15(20(32)33)7-8-18(29)30/h1-6,9-10,15H,7-8H2,(H,26,27)(H,28,31)(H,29,30)(H,32,33)/t15-/m1/s1. The summed E-state index contributed by atoms with van der Waals surface area (Å²) in [5.74, 6) is -2.95. The van der Waals surface area contributed by atoms with Crippen LogP contribution in [0.15, 0.2) is 48.7 Å². The molecular formula is C21H17F3N4O5. The van der Waals surface area contributed by atoms with Crippen LogP contribution in [0.3, 0.4) is 0 Å². The summed E-state index contributed by atoms with van der Waals surface area (Å²) in [6.45, 7) is 0. The molecule has 172 valence electrons. The summed E-state index contributed by atoms with van der Waals surface area (Å²) in [5, 5.41) is 23.0. The number of carbonyl (C=O) groups excluding carboxylic acids is 1. The van der Waals surface area contributed by atoms with Gasteiger partial charge in [-0.15, -0.1) is 0 Å². The summed E-state index contributed by atoms with van der Waals surface area (Å²) >= 11 is 0. The zero-order chi connectivity index (χ0) is 24.2. The van der Waals surface area contributed by atoms with Crippen LogP contribution in [0.4, 0.5) is 24.7 Å². The van der Waals surface area contributed by atoms with Crippen molar-refractivity contribution < 1.29 is 37.8 Å². The third-order valence-electron chi connectivity index (χ3n) is 4.54. The van der Waals surface area contributed by atoms with Crippen LogP contribution in [0.2, 0.25) is 0 Å². The predicted octanol–water partition coefficient (Wildman–Crippen LogP) is 3.44. The van der Waals surface area contributed by atoms with Crippen LogP contribution in [-0.2, 0) is 15.8 Å². The Morgan fingerprint density at radius 3 is 2.30 bits per heavy atom. The molecule has 9 nitrogen and oxygen atoms in total. The third-order valence-corrected chi connectivity index (χ3v) is 4.54. The lowest BCUT2D eigenvalue weighted by atomic mass is 10.1. The van der Waals surface area contributed by atoms with Gasteiger partial charge in [-0.1, -0.05) is 0 Å². The minimum atomic E-state index is -4.48. The Hall–Kier alpha value is -4.22. The molecule has 1 amide bonds. The van der Waals surface area contributed by atoms with Gasteiger partial charge in [-0.05, 0) is 48.9 Å². The topological polar surface area (TPSA) is 142 Å². The third kappa shape index (κ3) is 6.15. The van der Waals surface area contributed by atoms with Gasteiger partial charge in [0, 0.05) is 17.7 Å². The van der Waals surface area contributed by atoms with E-state index in [0.717, 1.165) is 12.1 Å². The van der Waals surface area contributed by atoms with E-state index in [4.69, 9.17) is 10.2 Å². The molecule has 0 bridgehead atoms. The maximum Gasteiger partial charge on any atom is 0.416 e. The van der Waals surface area contributed by atoms with Gasteiger partial charge in [-0.3, -0.25) is 14.6 Å². The average molecular weight is 462 g/mol. The van der Waals surface area contributed by atoms with Gasteiger partial charge in [-0.25, -0.2) is 9.78 Å². The number of alkyl halides is 3. The van der Waals surface area contributed by atoms with Gasteiger partial charge in [0.2, 0.25) is 0 Å². The molecule has 0 saturated heterocycles. The molecule has 12 heteroatoms. The lowest BCUT2D eigenvalue weighted by molar-refractivity contribution is -0.141. The molecular weight excluding hydrogens is 445 g/mol. The average Bonchev–Trinajstić information content (AvgIpc) is 2.75. The molecule has 0 spiro atoms. The lowest BCUT2D eigenvalue weighted by Gasteiger charge is -2.14.